The van der Waals surface area contributed by atoms with Crippen molar-refractivity contribution >= 4 is 70.0 Å². The number of nitrogens with zero attached hydrogens (tertiary/aromatic N) is 1. The molecule has 0 aliphatic rings. The maximum Gasteiger partial charge on any atom is 0.0462 e. The van der Waals surface area contributed by atoms with Crippen molar-refractivity contribution in [2.75, 3.05) is 4.90 Å². The molecule has 53 heavy (non-hydrogen) atoms. The van der Waals surface area contributed by atoms with E-state index in [9.17, 15) is 0 Å². The highest BCUT2D eigenvalue weighted by molar-refractivity contribution is 7.25. The van der Waals surface area contributed by atoms with Crippen molar-refractivity contribution in [1.82, 2.24) is 0 Å². The lowest BCUT2D eigenvalue weighted by Crippen LogP contribution is -2.09. The van der Waals surface area contributed by atoms with Crippen LogP contribution in [0.25, 0.3) is 74.1 Å². The summed E-state index contributed by atoms with van der Waals surface area (Å²) in [5.41, 5.74) is 11.9. The first-order chi connectivity index (χ1) is 26.2. The van der Waals surface area contributed by atoms with Gasteiger partial charge in [-0.3, -0.25) is 0 Å². The van der Waals surface area contributed by atoms with Gasteiger partial charge in [0.2, 0.25) is 0 Å². The average Bonchev–Trinajstić information content (AvgIpc) is 3.84. The van der Waals surface area contributed by atoms with Gasteiger partial charge in [-0.2, -0.15) is 0 Å². The van der Waals surface area contributed by atoms with Crippen LogP contribution in [0.15, 0.2) is 200 Å². The summed E-state index contributed by atoms with van der Waals surface area (Å²) in [6.45, 7) is 0. The van der Waals surface area contributed by atoms with Crippen LogP contribution in [0, 0.1) is 0 Å². The lowest BCUT2D eigenvalue weighted by atomic mass is 10.00. The summed E-state index contributed by atoms with van der Waals surface area (Å²) in [7, 11) is 0. The summed E-state index contributed by atoms with van der Waals surface area (Å²) in [6.07, 6.45) is 0. The third-order valence-corrected chi connectivity index (χ3v) is 12.4. The highest BCUT2D eigenvalue weighted by atomic mass is 32.1. The molecule has 1 nitrogen and oxygen atoms in total. The van der Waals surface area contributed by atoms with Gasteiger partial charge in [-0.15, -0.1) is 22.7 Å². The Balaban J connectivity index is 0.999. The van der Waals surface area contributed by atoms with E-state index in [1.165, 1.54) is 74.1 Å². The van der Waals surface area contributed by atoms with Crippen molar-refractivity contribution in [1.29, 1.82) is 0 Å². The molecule has 0 unspecified atom stereocenters. The van der Waals surface area contributed by atoms with Crippen LogP contribution in [-0.2, 0) is 0 Å². The van der Waals surface area contributed by atoms with Gasteiger partial charge < -0.3 is 4.90 Å². The van der Waals surface area contributed by atoms with Crippen LogP contribution in [0.5, 0.6) is 0 Å². The highest BCUT2D eigenvalue weighted by Gasteiger charge is 2.15. The lowest BCUT2D eigenvalue weighted by Gasteiger charge is -2.26. The van der Waals surface area contributed by atoms with Gasteiger partial charge >= 0.3 is 0 Å². The van der Waals surface area contributed by atoms with Gasteiger partial charge in [0, 0.05) is 46.8 Å². The molecule has 0 fully saturated rings. The second kappa shape index (κ2) is 13.4. The number of fused-ring (bicyclic) bond motifs is 4. The van der Waals surface area contributed by atoms with E-state index in [0.717, 1.165) is 17.1 Å². The van der Waals surface area contributed by atoms with E-state index >= 15 is 0 Å². The summed E-state index contributed by atoms with van der Waals surface area (Å²) in [5, 5.41) is 3.94. The number of thiophene rings is 2. The SMILES string of the molecule is c1ccc(-c2ccc(-c3ccc(N(c4ccc(-c5ccc6sc7ccccc7c6c5)cc4)c4ccc(-c5cc6ccccc6s5)cc4)cc3)cc2)cc1. The molecule has 2 aromatic heterocycles. The van der Waals surface area contributed by atoms with Gasteiger partial charge in [-0.05, 0) is 111 Å². The maximum atomic E-state index is 2.36. The van der Waals surface area contributed by atoms with Crippen molar-refractivity contribution in [3.8, 4) is 43.8 Å². The second-order valence-corrected chi connectivity index (χ2v) is 15.5. The van der Waals surface area contributed by atoms with Crippen LogP contribution in [0.3, 0.4) is 0 Å². The summed E-state index contributed by atoms with van der Waals surface area (Å²) >= 11 is 3.71. The predicted octanol–water partition coefficient (Wildman–Crippen LogP) is 15.4. The van der Waals surface area contributed by atoms with Crippen LogP contribution in [0.1, 0.15) is 0 Å². The number of rotatable bonds is 7. The van der Waals surface area contributed by atoms with Crippen LogP contribution in [0.2, 0.25) is 0 Å². The lowest BCUT2D eigenvalue weighted by molar-refractivity contribution is 1.28. The quantitative estimate of drug-likeness (QED) is 0.159. The largest absolute Gasteiger partial charge is 0.311 e. The number of hydrogen-bond donors (Lipinski definition) is 0. The molecule has 0 amide bonds. The van der Waals surface area contributed by atoms with E-state index in [-0.39, 0.29) is 0 Å². The normalized spacial score (nSPS) is 11.4. The highest BCUT2D eigenvalue weighted by Crippen LogP contribution is 2.41. The van der Waals surface area contributed by atoms with Crippen LogP contribution in [-0.4, -0.2) is 0 Å². The Bertz CT molecular complexity index is 2810. The van der Waals surface area contributed by atoms with E-state index in [2.05, 4.69) is 205 Å². The Hall–Kier alpha value is -6.26. The zero-order valence-electron chi connectivity index (χ0n) is 28.8. The minimum absolute atomic E-state index is 1.11. The van der Waals surface area contributed by atoms with Gasteiger partial charge in [0.15, 0.2) is 0 Å². The summed E-state index contributed by atoms with van der Waals surface area (Å²) in [4.78, 5) is 3.64. The Kier molecular flexibility index (Phi) is 7.94. The van der Waals surface area contributed by atoms with Crippen molar-refractivity contribution in [3.05, 3.63) is 200 Å². The van der Waals surface area contributed by atoms with Gasteiger partial charge in [0.05, 0.1) is 0 Å². The zero-order valence-corrected chi connectivity index (χ0v) is 30.4. The molecule has 3 heteroatoms. The molecular formula is C50H33NS2. The maximum absolute atomic E-state index is 2.36. The molecule has 0 N–H and O–H groups in total. The molecule has 2 heterocycles. The Morgan fingerprint density at radius 2 is 0.736 bits per heavy atom. The molecule has 0 radical (unpaired) electrons. The van der Waals surface area contributed by atoms with E-state index < -0.39 is 0 Å². The predicted molar refractivity (Wildman–Crippen MR) is 231 cm³/mol. The third kappa shape index (κ3) is 6.00. The molecule has 10 rings (SSSR count). The van der Waals surface area contributed by atoms with E-state index in [4.69, 9.17) is 0 Å². The Labute approximate surface area is 317 Å². The minimum atomic E-state index is 1.11. The first-order valence-corrected chi connectivity index (χ1v) is 19.5. The molecule has 10 aromatic rings. The topological polar surface area (TPSA) is 3.24 Å². The minimum Gasteiger partial charge on any atom is -0.311 e. The standard InChI is InChI=1S/C50H33NS2/c1-2-8-34(9-3-1)35-14-16-36(17-15-35)37-18-25-42(26-19-37)51(44-29-22-39(23-30-44)50-33-41-10-4-6-12-47(41)52-50)43-27-20-38(21-28-43)40-24-31-49-46(32-40)45-11-5-7-13-48(45)53-49/h1-33H. The molecule has 0 atom stereocenters. The first-order valence-electron chi connectivity index (χ1n) is 17.9. The molecule has 0 aliphatic carbocycles. The molecule has 0 aliphatic heterocycles. The Morgan fingerprint density at radius 1 is 0.283 bits per heavy atom. The van der Waals surface area contributed by atoms with Crippen molar-refractivity contribution in [2.45, 2.75) is 0 Å². The number of hydrogen-bond acceptors (Lipinski definition) is 3. The monoisotopic (exact) mass is 711 g/mol. The smallest absolute Gasteiger partial charge is 0.0462 e. The van der Waals surface area contributed by atoms with Crippen molar-refractivity contribution in [2.24, 2.45) is 0 Å². The Morgan fingerprint density at radius 3 is 1.36 bits per heavy atom. The number of anilines is 3. The molecule has 0 bridgehead atoms. The van der Waals surface area contributed by atoms with Crippen LogP contribution >= 0.6 is 22.7 Å². The van der Waals surface area contributed by atoms with Crippen molar-refractivity contribution in [3.63, 3.8) is 0 Å². The zero-order chi connectivity index (χ0) is 35.1. The van der Waals surface area contributed by atoms with Gasteiger partial charge in [0.1, 0.15) is 0 Å². The fourth-order valence-corrected chi connectivity index (χ4v) is 9.50. The van der Waals surface area contributed by atoms with Crippen molar-refractivity contribution < 1.29 is 0 Å². The summed E-state index contributed by atoms with van der Waals surface area (Å²) < 4.78 is 3.97. The molecule has 0 saturated carbocycles. The molecule has 250 valence electrons. The van der Waals surface area contributed by atoms with E-state index in [0.29, 0.717) is 0 Å². The fourth-order valence-electron chi connectivity index (χ4n) is 7.34. The van der Waals surface area contributed by atoms with Crippen LogP contribution in [0.4, 0.5) is 17.1 Å². The molecule has 0 spiro atoms. The van der Waals surface area contributed by atoms with Gasteiger partial charge in [-0.25, -0.2) is 0 Å². The summed E-state index contributed by atoms with van der Waals surface area (Å²) in [5.74, 6) is 0. The molecule has 8 aromatic carbocycles. The fraction of sp³-hybridized carbons (Fsp3) is 0. The molecule has 0 saturated heterocycles. The van der Waals surface area contributed by atoms with Gasteiger partial charge in [-0.1, -0.05) is 133 Å². The van der Waals surface area contributed by atoms with E-state index in [1.54, 1.807) is 0 Å². The number of benzene rings is 8. The molecular weight excluding hydrogens is 679 g/mol. The second-order valence-electron chi connectivity index (χ2n) is 13.4. The van der Waals surface area contributed by atoms with Crippen LogP contribution < -0.4 is 4.90 Å². The van der Waals surface area contributed by atoms with E-state index in [1.807, 2.05) is 22.7 Å². The summed E-state index contributed by atoms with van der Waals surface area (Å²) in [6, 6.07) is 72.9. The first kappa shape index (κ1) is 31.5. The third-order valence-electron chi connectivity index (χ3n) is 10.1. The average molecular weight is 712 g/mol. The van der Waals surface area contributed by atoms with Gasteiger partial charge in [0.25, 0.3) is 0 Å².